The van der Waals surface area contributed by atoms with Crippen LogP contribution in [0.2, 0.25) is 0 Å². The molecule has 0 bridgehead atoms. The quantitative estimate of drug-likeness (QED) is 0.349. The largest absolute Gasteiger partial charge is 0.398 e. The molecule has 4 aromatic rings. The number of pyridine rings is 1. The lowest BCUT2D eigenvalue weighted by atomic mass is 9.93. The molecule has 1 aromatic heterocycles. The number of nitrogens with zero attached hydrogens (tertiary/aromatic N) is 2. The van der Waals surface area contributed by atoms with E-state index in [-0.39, 0.29) is 0 Å². The topological polar surface area (TPSA) is 62.7 Å². The van der Waals surface area contributed by atoms with Gasteiger partial charge >= 0.3 is 0 Å². The Kier molecular flexibility index (Phi) is 5.97. The maximum absolute atomic E-state index is 9.86. The summed E-state index contributed by atoms with van der Waals surface area (Å²) < 4.78 is 0.961. The Bertz CT molecular complexity index is 1280. The molecule has 0 radical (unpaired) electrons. The molecular formula is C27H20BrN3. The summed E-state index contributed by atoms with van der Waals surface area (Å²) in [4.78, 5) is 4.73. The van der Waals surface area contributed by atoms with Crippen LogP contribution in [-0.2, 0) is 0 Å². The zero-order valence-corrected chi connectivity index (χ0v) is 18.6. The third-order valence-corrected chi connectivity index (χ3v) is 5.60. The number of halogens is 1. The first-order valence-corrected chi connectivity index (χ1v) is 10.7. The third kappa shape index (κ3) is 4.42. The predicted octanol–water partition coefficient (Wildman–Crippen LogP) is 7.11. The summed E-state index contributed by atoms with van der Waals surface area (Å²) in [6.07, 6.45) is 3.91. The molecule has 2 N–H and O–H groups in total. The number of nitrogens with two attached hydrogens (primary N) is 1. The Labute approximate surface area is 190 Å². The number of aryl methyl sites for hydroxylation is 1. The Morgan fingerprint density at radius 2 is 1.45 bits per heavy atom. The van der Waals surface area contributed by atoms with Crippen LogP contribution in [0.3, 0.4) is 0 Å². The molecule has 0 spiro atoms. The fourth-order valence-corrected chi connectivity index (χ4v) is 3.76. The SMILES string of the molecule is Cc1ccc(-c2c(/C=C/c3ccccc3)nc(C#N)c(-c3ccc(Br)cc3)c2N)cc1. The first-order chi connectivity index (χ1) is 15.1. The van der Waals surface area contributed by atoms with E-state index in [0.717, 1.165) is 26.7 Å². The summed E-state index contributed by atoms with van der Waals surface area (Å²) in [5.74, 6) is 0. The third-order valence-electron chi connectivity index (χ3n) is 5.08. The van der Waals surface area contributed by atoms with Gasteiger partial charge in [0.1, 0.15) is 6.07 Å². The van der Waals surface area contributed by atoms with E-state index >= 15 is 0 Å². The van der Waals surface area contributed by atoms with Gasteiger partial charge in [0, 0.05) is 15.6 Å². The number of hydrogen-bond donors (Lipinski definition) is 1. The van der Waals surface area contributed by atoms with Crippen LogP contribution >= 0.6 is 15.9 Å². The summed E-state index contributed by atoms with van der Waals surface area (Å²) in [6, 6.07) is 28.2. The molecule has 0 unspecified atom stereocenters. The fraction of sp³-hybridized carbons (Fsp3) is 0.0370. The van der Waals surface area contributed by atoms with Crippen molar-refractivity contribution < 1.29 is 0 Å². The Morgan fingerprint density at radius 1 is 0.839 bits per heavy atom. The van der Waals surface area contributed by atoms with Crippen molar-refractivity contribution in [2.45, 2.75) is 6.92 Å². The van der Waals surface area contributed by atoms with E-state index in [1.54, 1.807) is 0 Å². The van der Waals surface area contributed by atoms with E-state index in [2.05, 4.69) is 34.1 Å². The summed E-state index contributed by atoms with van der Waals surface area (Å²) in [7, 11) is 0. The van der Waals surface area contributed by atoms with E-state index in [4.69, 9.17) is 10.7 Å². The molecular weight excluding hydrogens is 446 g/mol. The van der Waals surface area contributed by atoms with Crippen LogP contribution in [-0.4, -0.2) is 4.98 Å². The number of anilines is 1. The summed E-state index contributed by atoms with van der Waals surface area (Å²) in [5, 5.41) is 9.86. The van der Waals surface area contributed by atoms with Gasteiger partial charge in [0.2, 0.25) is 0 Å². The molecule has 150 valence electrons. The van der Waals surface area contributed by atoms with Crippen LogP contribution in [0.1, 0.15) is 22.5 Å². The normalized spacial score (nSPS) is 10.9. The molecule has 0 aliphatic heterocycles. The molecule has 3 aromatic carbocycles. The minimum absolute atomic E-state index is 0.309. The van der Waals surface area contributed by atoms with Crippen LogP contribution in [0, 0.1) is 18.3 Å². The van der Waals surface area contributed by atoms with E-state index in [1.807, 2.05) is 85.8 Å². The summed E-state index contributed by atoms with van der Waals surface area (Å²) in [6.45, 7) is 2.05. The molecule has 0 fully saturated rings. The molecule has 0 atom stereocenters. The molecule has 4 rings (SSSR count). The molecule has 1 heterocycles. The Hall–Kier alpha value is -3.68. The monoisotopic (exact) mass is 465 g/mol. The van der Waals surface area contributed by atoms with Crippen LogP contribution in [0.15, 0.2) is 83.3 Å². The van der Waals surface area contributed by atoms with Crippen molar-refractivity contribution in [1.82, 2.24) is 4.98 Å². The van der Waals surface area contributed by atoms with Crippen molar-refractivity contribution in [3.63, 3.8) is 0 Å². The second kappa shape index (κ2) is 8.99. The van der Waals surface area contributed by atoms with Gasteiger partial charge in [-0.3, -0.25) is 0 Å². The lowest BCUT2D eigenvalue weighted by Crippen LogP contribution is -2.03. The number of rotatable bonds is 4. The van der Waals surface area contributed by atoms with E-state index in [0.29, 0.717) is 22.6 Å². The van der Waals surface area contributed by atoms with Crippen LogP contribution in [0.4, 0.5) is 5.69 Å². The maximum atomic E-state index is 9.86. The number of nitriles is 1. The van der Waals surface area contributed by atoms with E-state index < -0.39 is 0 Å². The Morgan fingerprint density at radius 3 is 2.10 bits per heavy atom. The average molecular weight is 466 g/mol. The predicted molar refractivity (Wildman–Crippen MR) is 132 cm³/mol. The van der Waals surface area contributed by atoms with Gasteiger partial charge < -0.3 is 5.73 Å². The van der Waals surface area contributed by atoms with Crippen molar-refractivity contribution >= 4 is 33.8 Å². The number of benzene rings is 3. The van der Waals surface area contributed by atoms with Gasteiger partial charge in [-0.1, -0.05) is 94.3 Å². The fourth-order valence-electron chi connectivity index (χ4n) is 3.50. The van der Waals surface area contributed by atoms with Crippen LogP contribution < -0.4 is 5.73 Å². The van der Waals surface area contributed by atoms with Crippen LogP contribution in [0.25, 0.3) is 34.4 Å². The lowest BCUT2D eigenvalue weighted by Gasteiger charge is -2.16. The zero-order chi connectivity index (χ0) is 21.8. The van der Waals surface area contributed by atoms with Crippen molar-refractivity contribution in [2.24, 2.45) is 0 Å². The molecule has 0 amide bonds. The van der Waals surface area contributed by atoms with Gasteiger partial charge in [-0.2, -0.15) is 5.26 Å². The van der Waals surface area contributed by atoms with E-state index in [9.17, 15) is 5.26 Å². The summed E-state index contributed by atoms with van der Waals surface area (Å²) in [5.41, 5.74) is 13.8. The van der Waals surface area contributed by atoms with Crippen molar-refractivity contribution in [2.75, 3.05) is 5.73 Å². The highest BCUT2D eigenvalue weighted by atomic mass is 79.9. The standard InChI is InChI=1S/C27H20BrN3/c1-18-7-10-20(11-8-18)25-23(16-9-19-5-3-2-4-6-19)31-24(17-29)26(27(25)30)21-12-14-22(28)15-13-21/h2-16H,1H3,(H2,30,31)/b16-9+. The number of nitrogen functional groups attached to an aromatic ring is 1. The zero-order valence-electron chi connectivity index (χ0n) is 17.0. The minimum atomic E-state index is 0.309. The smallest absolute Gasteiger partial charge is 0.151 e. The van der Waals surface area contributed by atoms with Crippen molar-refractivity contribution in [3.05, 3.63) is 106 Å². The highest BCUT2D eigenvalue weighted by molar-refractivity contribution is 9.10. The molecule has 4 heteroatoms. The molecule has 31 heavy (non-hydrogen) atoms. The van der Waals surface area contributed by atoms with Crippen LogP contribution in [0.5, 0.6) is 0 Å². The van der Waals surface area contributed by atoms with Crippen molar-refractivity contribution in [3.8, 4) is 28.3 Å². The number of aromatic nitrogens is 1. The molecule has 0 saturated carbocycles. The highest BCUT2D eigenvalue weighted by Gasteiger charge is 2.19. The second-order valence-corrected chi connectivity index (χ2v) is 8.15. The first-order valence-electron chi connectivity index (χ1n) is 9.86. The Balaban J connectivity index is 1.97. The van der Waals surface area contributed by atoms with E-state index in [1.165, 1.54) is 5.56 Å². The first kappa shape index (κ1) is 20.6. The van der Waals surface area contributed by atoms with Gasteiger partial charge in [-0.25, -0.2) is 4.98 Å². The highest BCUT2D eigenvalue weighted by Crippen LogP contribution is 2.39. The van der Waals surface area contributed by atoms with Crippen molar-refractivity contribution in [1.29, 1.82) is 5.26 Å². The van der Waals surface area contributed by atoms with Gasteiger partial charge in [0.05, 0.1) is 11.4 Å². The second-order valence-electron chi connectivity index (χ2n) is 7.24. The molecule has 0 saturated heterocycles. The number of hydrogen-bond acceptors (Lipinski definition) is 3. The maximum Gasteiger partial charge on any atom is 0.151 e. The van der Waals surface area contributed by atoms with Gasteiger partial charge in [0.25, 0.3) is 0 Å². The molecule has 0 aliphatic rings. The molecule has 0 aliphatic carbocycles. The lowest BCUT2D eigenvalue weighted by molar-refractivity contribution is 1.24. The average Bonchev–Trinajstić information content (AvgIpc) is 2.79. The van der Waals surface area contributed by atoms with Gasteiger partial charge in [0.15, 0.2) is 5.69 Å². The van der Waals surface area contributed by atoms with Gasteiger partial charge in [-0.05, 0) is 41.8 Å². The van der Waals surface area contributed by atoms with Gasteiger partial charge in [-0.15, -0.1) is 0 Å². The summed E-state index contributed by atoms with van der Waals surface area (Å²) >= 11 is 3.46. The molecule has 3 nitrogen and oxygen atoms in total. The minimum Gasteiger partial charge on any atom is -0.398 e.